The fraction of sp³-hybridized carbons (Fsp3) is 0.750. The lowest BCUT2D eigenvalue weighted by atomic mass is 10.2. The highest BCUT2D eigenvalue weighted by molar-refractivity contribution is 5.05. The van der Waals surface area contributed by atoms with Gasteiger partial charge in [0.25, 0.3) is 0 Å². The zero-order valence-corrected chi connectivity index (χ0v) is 13.6. The van der Waals surface area contributed by atoms with Crippen molar-refractivity contribution < 1.29 is 14.3 Å². The SMILES string of the molecule is Cc1ccc(CN(CC(O)COC(C)(C)C)C(C)C)o1. The molecule has 1 rings (SSSR count). The Hall–Kier alpha value is -0.840. The molecule has 0 bridgehead atoms. The Kier molecular flexibility index (Phi) is 6.24. The molecule has 0 fully saturated rings. The van der Waals surface area contributed by atoms with E-state index in [4.69, 9.17) is 9.15 Å². The molecular weight excluding hydrogens is 254 g/mol. The van der Waals surface area contributed by atoms with Gasteiger partial charge >= 0.3 is 0 Å². The molecular formula is C16H29NO3. The fourth-order valence-electron chi connectivity index (χ4n) is 1.90. The summed E-state index contributed by atoms with van der Waals surface area (Å²) < 4.78 is 11.2. The lowest BCUT2D eigenvalue weighted by Crippen LogP contribution is -2.40. The molecule has 1 N–H and O–H groups in total. The van der Waals surface area contributed by atoms with Gasteiger partial charge in [-0.15, -0.1) is 0 Å². The van der Waals surface area contributed by atoms with E-state index in [0.717, 1.165) is 11.5 Å². The van der Waals surface area contributed by atoms with E-state index < -0.39 is 6.10 Å². The number of aliphatic hydroxyl groups is 1. The van der Waals surface area contributed by atoms with Crippen molar-refractivity contribution in [2.75, 3.05) is 13.2 Å². The van der Waals surface area contributed by atoms with Crippen LogP contribution in [0.1, 0.15) is 46.1 Å². The van der Waals surface area contributed by atoms with E-state index in [2.05, 4.69) is 18.7 Å². The lowest BCUT2D eigenvalue weighted by molar-refractivity contribution is -0.0591. The first-order valence-electron chi connectivity index (χ1n) is 7.29. The Morgan fingerprint density at radius 3 is 2.40 bits per heavy atom. The van der Waals surface area contributed by atoms with Crippen molar-refractivity contribution in [2.24, 2.45) is 0 Å². The van der Waals surface area contributed by atoms with Crippen molar-refractivity contribution in [3.05, 3.63) is 23.7 Å². The minimum absolute atomic E-state index is 0.220. The van der Waals surface area contributed by atoms with Crippen LogP contribution in [0.25, 0.3) is 0 Å². The van der Waals surface area contributed by atoms with Crippen molar-refractivity contribution in [3.63, 3.8) is 0 Å². The van der Waals surface area contributed by atoms with Gasteiger partial charge in [-0.2, -0.15) is 0 Å². The topological polar surface area (TPSA) is 45.8 Å². The number of hydrogen-bond acceptors (Lipinski definition) is 4. The average Bonchev–Trinajstić information content (AvgIpc) is 2.70. The minimum atomic E-state index is -0.493. The van der Waals surface area contributed by atoms with Gasteiger partial charge in [0, 0.05) is 12.6 Å². The van der Waals surface area contributed by atoms with Crippen LogP contribution in [0.2, 0.25) is 0 Å². The highest BCUT2D eigenvalue weighted by atomic mass is 16.5. The smallest absolute Gasteiger partial charge is 0.118 e. The summed E-state index contributed by atoms with van der Waals surface area (Å²) in [5.74, 6) is 1.85. The van der Waals surface area contributed by atoms with Crippen molar-refractivity contribution >= 4 is 0 Å². The number of hydrogen-bond donors (Lipinski definition) is 1. The quantitative estimate of drug-likeness (QED) is 0.835. The summed E-state index contributed by atoms with van der Waals surface area (Å²) in [6, 6.07) is 4.29. The molecule has 1 atom stereocenters. The van der Waals surface area contributed by atoms with Crippen LogP contribution >= 0.6 is 0 Å². The monoisotopic (exact) mass is 283 g/mol. The third-order valence-corrected chi connectivity index (χ3v) is 3.04. The maximum atomic E-state index is 10.1. The molecule has 0 saturated heterocycles. The number of rotatable bonds is 7. The molecule has 20 heavy (non-hydrogen) atoms. The molecule has 0 spiro atoms. The van der Waals surface area contributed by atoms with Crippen LogP contribution in [0, 0.1) is 6.92 Å². The molecule has 1 aromatic heterocycles. The van der Waals surface area contributed by atoms with E-state index in [1.807, 2.05) is 39.8 Å². The number of aliphatic hydroxyl groups excluding tert-OH is 1. The van der Waals surface area contributed by atoms with Crippen LogP contribution in [0.5, 0.6) is 0 Å². The number of aryl methyl sites for hydroxylation is 1. The van der Waals surface area contributed by atoms with Gasteiger partial charge in [-0.25, -0.2) is 0 Å². The molecule has 1 aromatic rings. The minimum Gasteiger partial charge on any atom is -0.465 e. The Labute approximate surface area is 122 Å². The van der Waals surface area contributed by atoms with E-state index >= 15 is 0 Å². The van der Waals surface area contributed by atoms with Crippen LogP contribution in [-0.2, 0) is 11.3 Å². The molecule has 1 unspecified atom stereocenters. The van der Waals surface area contributed by atoms with Gasteiger partial charge < -0.3 is 14.3 Å². The Morgan fingerprint density at radius 1 is 1.30 bits per heavy atom. The summed E-state index contributed by atoms with van der Waals surface area (Å²) in [5.41, 5.74) is -0.220. The summed E-state index contributed by atoms with van der Waals surface area (Å²) in [4.78, 5) is 2.19. The Morgan fingerprint density at radius 2 is 1.95 bits per heavy atom. The van der Waals surface area contributed by atoms with Crippen molar-refractivity contribution in [1.29, 1.82) is 0 Å². The predicted molar refractivity (Wildman–Crippen MR) is 80.7 cm³/mol. The molecule has 0 aliphatic carbocycles. The second-order valence-corrected chi connectivity index (χ2v) is 6.61. The molecule has 0 aromatic carbocycles. The first kappa shape index (κ1) is 17.2. The van der Waals surface area contributed by atoms with Crippen LogP contribution in [-0.4, -0.2) is 40.9 Å². The van der Waals surface area contributed by atoms with Crippen LogP contribution < -0.4 is 0 Å². The summed E-state index contributed by atoms with van der Waals surface area (Å²) >= 11 is 0. The van der Waals surface area contributed by atoms with Gasteiger partial charge in [-0.05, 0) is 53.7 Å². The third kappa shape index (κ3) is 6.55. The standard InChI is InChI=1S/C16H29NO3/c1-12(2)17(10-15-8-7-13(3)20-15)9-14(18)11-19-16(4,5)6/h7-8,12,14,18H,9-11H2,1-6H3. The Balaban J connectivity index is 2.50. The second-order valence-electron chi connectivity index (χ2n) is 6.61. The Bertz CT molecular complexity index is 393. The molecule has 116 valence electrons. The van der Waals surface area contributed by atoms with Crippen LogP contribution in [0.4, 0.5) is 0 Å². The summed E-state index contributed by atoms with van der Waals surface area (Å²) in [6.45, 7) is 13.8. The van der Waals surface area contributed by atoms with Gasteiger partial charge in [0.1, 0.15) is 11.5 Å². The number of ether oxygens (including phenoxy) is 1. The molecule has 0 saturated carbocycles. The second kappa shape index (κ2) is 7.25. The zero-order chi connectivity index (χ0) is 15.3. The lowest BCUT2D eigenvalue weighted by Gasteiger charge is -2.29. The fourth-order valence-corrected chi connectivity index (χ4v) is 1.90. The van der Waals surface area contributed by atoms with Crippen LogP contribution in [0.3, 0.4) is 0 Å². The van der Waals surface area contributed by atoms with Crippen LogP contribution in [0.15, 0.2) is 16.5 Å². The maximum Gasteiger partial charge on any atom is 0.118 e. The van der Waals surface area contributed by atoms with Gasteiger partial charge in [-0.1, -0.05) is 0 Å². The van der Waals surface area contributed by atoms with Gasteiger partial charge in [0.2, 0.25) is 0 Å². The van der Waals surface area contributed by atoms with Crippen molar-refractivity contribution in [1.82, 2.24) is 4.90 Å². The van der Waals surface area contributed by atoms with E-state index in [0.29, 0.717) is 25.7 Å². The molecule has 4 nitrogen and oxygen atoms in total. The van der Waals surface area contributed by atoms with E-state index in [1.54, 1.807) is 0 Å². The molecule has 0 aliphatic heterocycles. The van der Waals surface area contributed by atoms with Gasteiger partial charge in [-0.3, -0.25) is 4.90 Å². The average molecular weight is 283 g/mol. The van der Waals surface area contributed by atoms with E-state index in [9.17, 15) is 5.11 Å². The number of furan rings is 1. The zero-order valence-electron chi connectivity index (χ0n) is 13.6. The molecule has 1 heterocycles. The van der Waals surface area contributed by atoms with Gasteiger partial charge in [0.15, 0.2) is 0 Å². The summed E-state index contributed by atoms with van der Waals surface area (Å²) in [7, 11) is 0. The van der Waals surface area contributed by atoms with E-state index in [-0.39, 0.29) is 5.60 Å². The molecule has 0 radical (unpaired) electrons. The third-order valence-electron chi connectivity index (χ3n) is 3.04. The molecule has 4 heteroatoms. The number of nitrogens with zero attached hydrogens (tertiary/aromatic N) is 1. The summed E-state index contributed by atoms with van der Waals surface area (Å²) in [5, 5.41) is 10.1. The summed E-state index contributed by atoms with van der Waals surface area (Å²) in [6.07, 6.45) is -0.493. The highest BCUT2D eigenvalue weighted by Gasteiger charge is 2.19. The normalized spacial score (nSPS) is 14.2. The predicted octanol–water partition coefficient (Wildman–Crippen LogP) is 2.97. The molecule has 0 amide bonds. The highest BCUT2D eigenvalue weighted by Crippen LogP contribution is 2.13. The first-order valence-corrected chi connectivity index (χ1v) is 7.29. The first-order chi connectivity index (χ1) is 9.17. The largest absolute Gasteiger partial charge is 0.465 e. The van der Waals surface area contributed by atoms with Crippen molar-refractivity contribution in [3.8, 4) is 0 Å². The maximum absolute atomic E-state index is 10.1. The van der Waals surface area contributed by atoms with Crippen molar-refractivity contribution in [2.45, 2.75) is 65.8 Å². The van der Waals surface area contributed by atoms with Gasteiger partial charge in [0.05, 0.1) is 24.9 Å². The van der Waals surface area contributed by atoms with E-state index in [1.165, 1.54) is 0 Å². The molecule has 0 aliphatic rings.